The number of benzene rings is 2. The zero-order valence-electron chi connectivity index (χ0n) is 16.9. The van der Waals surface area contributed by atoms with Gasteiger partial charge in [0, 0.05) is 59.6 Å². The van der Waals surface area contributed by atoms with Crippen LogP contribution in [0.4, 0.5) is 10.2 Å². The van der Waals surface area contributed by atoms with Crippen molar-refractivity contribution >= 4 is 39.3 Å². The molecule has 0 saturated carbocycles. The summed E-state index contributed by atoms with van der Waals surface area (Å²) in [6.07, 6.45) is 5.38. The van der Waals surface area contributed by atoms with Crippen LogP contribution < -0.4 is 4.90 Å². The van der Waals surface area contributed by atoms with E-state index in [1.54, 1.807) is 18.5 Å². The molecule has 1 saturated heterocycles. The van der Waals surface area contributed by atoms with Gasteiger partial charge in [-0.15, -0.1) is 0 Å². The molecule has 0 atom stereocenters. The first kappa shape index (κ1) is 20.3. The number of rotatable bonds is 4. The average Bonchev–Trinajstić information content (AvgIpc) is 2.79. The van der Waals surface area contributed by atoms with E-state index in [2.05, 4.69) is 66.6 Å². The molecule has 3 heterocycles. The molecule has 0 amide bonds. The van der Waals surface area contributed by atoms with Crippen molar-refractivity contribution in [2.24, 2.45) is 0 Å². The average molecular weight is 525 g/mol. The zero-order valence-corrected chi connectivity index (χ0v) is 19.0. The van der Waals surface area contributed by atoms with Crippen LogP contribution in [0.15, 0.2) is 67.3 Å². The highest BCUT2D eigenvalue weighted by atomic mass is 127. The number of fused-ring (bicyclic) bond motifs is 1. The smallest absolute Gasteiger partial charge is 0.128 e. The Kier molecular flexibility index (Phi) is 5.78. The van der Waals surface area contributed by atoms with Gasteiger partial charge in [-0.2, -0.15) is 0 Å². The summed E-state index contributed by atoms with van der Waals surface area (Å²) in [4.78, 5) is 18.0. The lowest BCUT2D eigenvalue weighted by molar-refractivity contribution is 0.249. The summed E-state index contributed by atoms with van der Waals surface area (Å²) in [6, 6.07) is 15.3. The predicted molar refractivity (Wildman–Crippen MR) is 129 cm³/mol. The number of aromatic nitrogens is 3. The number of anilines is 1. The second-order valence-corrected chi connectivity index (χ2v) is 8.95. The minimum Gasteiger partial charge on any atom is -0.354 e. The highest BCUT2D eigenvalue weighted by Gasteiger charge is 2.18. The molecule has 0 spiro atoms. The van der Waals surface area contributed by atoms with Crippen molar-refractivity contribution in [3.63, 3.8) is 0 Å². The second kappa shape index (κ2) is 8.84. The first-order chi connectivity index (χ1) is 15.2. The fourth-order valence-electron chi connectivity index (χ4n) is 4.05. The molecule has 156 valence electrons. The second-order valence-electron chi connectivity index (χ2n) is 7.71. The fourth-order valence-corrected chi connectivity index (χ4v) is 4.66. The van der Waals surface area contributed by atoms with Crippen molar-refractivity contribution in [1.29, 1.82) is 0 Å². The Bertz CT molecular complexity index is 1210. The van der Waals surface area contributed by atoms with E-state index in [0.29, 0.717) is 0 Å². The molecule has 5 nitrogen and oxygen atoms in total. The minimum absolute atomic E-state index is 0.173. The zero-order chi connectivity index (χ0) is 21.2. The van der Waals surface area contributed by atoms with Gasteiger partial charge in [-0.05, 0) is 70.1 Å². The van der Waals surface area contributed by atoms with Crippen molar-refractivity contribution in [2.75, 3.05) is 31.1 Å². The summed E-state index contributed by atoms with van der Waals surface area (Å²) >= 11 is 2.32. The van der Waals surface area contributed by atoms with Crippen molar-refractivity contribution in [1.82, 2.24) is 19.9 Å². The van der Waals surface area contributed by atoms with Crippen LogP contribution in [0.3, 0.4) is 0 Å². The van der Waals surface area contributed by atoms with Crippen molar-refractivity contribution < 1.29 is 4.39 Å². The maximum absolute atomic E-state index is 13.4. The van der Waals surface area contributed by atoms with Gasteiger partial charge in [0.15, 0.2) is 0 Å². The van der Waals surface area contributed by atoms with Gasteiger partial charge in [0.2, 0.25) is 0 Å². The number of hydrogen-bond acceptors (Lipinski definition) is 5. The molecule has 1 fully saturated rings. The molecule has 2 aromatic carbocycles. The highest BCUT2D eigenvalue weighted by Crippen LogP contribution is 2.30. The molecule has 0 unspecified atom stereocenters. The van der Waals surface area contributed by atoms with Crippen molar-refractivity contribution in [3.05, 3.63) is 82.2 Å². The molecule has 5 rings (SSSR count). The molecule has 7 heteroatoms. The summed E-state index contributed by atoms with van der Waals surface area (Å²) < 4.78 is 14.6. The Morgan fingerprint density at radius 1 is 0.935 bits per heavy atom. The normalized spacial score (nSPS) is 14.8. The van der Waals surface area contributed by atoms with Gasteiger partial charge in [0.05, 0.1) is 5.52 Å². The Labute approximate surface area is 194 Å². The SMILES string of the molecule is Fc1cccc(CN2CCN(c3ccc(-c4cc(I)cc5ncncc45)cn3)CC2)c1. The van der Waals surface area contributed by atoms with Crippen molar-refractivity contribution in [3.8, 4) is 11.1 Å². The highest BCUT2D eigenvalue weighted by molar-refractivity contribution is 14.1. The van der Waals surface area contributed by atoms with Crippen LogP contribution in [-0.2, 0) is 6.54 Å². The lowest BCUT2D eigenvalue weighted by Gasteiger charge is -2.35. The lowest BCUT2D eigenvalue weighted by atomic mass is 10.0. The molecule has 0 N–H and O–H groups in total. The summed E-state index contributed by atoms with van der Waals surface area (Å²) in [6.45, 7) is 4.45. The van der Waals surface area contributed by atoms with Crippen LogP contribution in [-0.4, -0.2) is 46.0 Å². The van der Waals surface area contributed by atoms with Crippen LogP contribution in [0.1, 0.15) is 5.56 Å². The molecular formula is C24H21FIN5. The van der Waals surface area contributed by atoms with Gasteiger partial charge in [-0.25, -0.2) is 19.3 Å². The largest absolute Gasteiger partial charge is 0.354 e. The van der Waals surface area contributed by atoms with E-state index < -0.39 is 0 Å². The minimum atomic E-state index is -0.173. The fraction of sp³-hybridized carbons (Fsp3) is 0.208. The van der Waals surface area contributed by atoms with E-state index in [0.717, 1.165) is 69.7 Å². The Morgan fingerprint density at radius 3 is 2.58 bits per heavy atom. The van der Waals surface area contributed by atoms with Gasteiger partial charge in [-0.1, -0.05) is 12.1 Å². The monoisotopic (exact) mass is 525 g/mol. The maximum Gasteiger partial charge on any atom is 0.128 e. The van der Waals surface area contributed by atoms with Crippen LogP contribution in [0, 0.1) is 9.39 Å². The van der Waals surface area contributed by atoms with Crippen LogP contribution in [0.25, 0.3) is 22.0 Å². The van der Waals surface area contributed by atoms with E-state index in [4.69, 9.17) is 4.98 Å². The Balaban J connectivity index is 1.28. The van der Waals surface area contributed by atoms with E-state index in [9.17, 15) is 4.39 Å². The third kappa shape index (κ3) is 4.52. The number of hydrogen-bond donors (Lipinski definition) is 0. The third-order valence-corrected chi connectivity index (χ3v) is 6.26. The molecular weight excluding hydrogens is 504 g/mol. The third-order valence-electron chi connectivity index (χ3n) is 5.64. The molecule has 0 radical (unpaired) electrons. The number of pyridine rings is 1. The van der Waals surface area contributed by atoms with Crippen LogP contribution >= 0.6 is 22.6 Å². The quantitative estimate of drug-likeness (QED) is 0.360. The van der Waals surface area contributed by atoms with E-state index in [-0.39, 0.29) is 5.82 Å². The Morgan fingerprint density at radius 2 is 1.81 bits per heavy atom. The van der Waals surface area contributed by atoms with Gasteiger partial charge in [0.1, 0.15) is 18.0 Å². The van der Waals surface area contributed by atoms with Crippen LogP contribution in [0.5, 0.6) is 0 Å². The predicted octanol–water partition coefficient (Wildman–Crippen LogP) is 4.76. The molecule has 4 aromatic rings. The maximum atomic E-state index is 13.4. The molecule has 0 bridgehead atoms. The summed E-state index contributed by atoms with van der Waals surface area (Å²) in [5.41, 5.74) is 4.12. The standard InChI is InChI=1S/C24H21FIN5/c25-19-3-1-2-17(10-19)15-30-6-8-31(9-7-30)24-5-4-18(13-28-24)21-11-20(26)12-23-22(21)14-27-16-29-23/h1-5,10-14,16H,6-9,15H2. The summed E-state index contributed by atoms with van der Waals surface area (Å²) in [5.74, 6) is 0.813. The number of piperazine rings is 1. The molecule has 0 aliphatic carbocycles. The van der Waals surface area contributed by atoms with Gasteiger partial charge < -0.3 is 4.90 Å². The molecule has 1 aliphatic heterocycles. The topological polar surface area (TPSA) is 45.2 Å². The first-order valence-electron chi connectivity index (χ1n) is 10.2. The summed E-state index contributed by atoms with van der Waals surface area (Å²) in [7, 11) is 0. The van der Waals surface area contributed by atoms with E-state index in [1.165, 1.54) is 6.07 Å². The van der Waals surface area contributed by atoms with Gasteiger partial charge >= 0.3 is 0 Å². The molecule has 31 heavy (non-hydrogen) atoms. The number of halogens is 2. The van der Waals surface area contributed by atoms with E-state index in [1.807, 2.05) is 18.5 Å². The van der Waals surface area contributed by atoms with Crippen LogP contribution in [0.2, 0.25) is 0 Å². The van der Waals surface area contributed by atoms with Crippen molar-refractivity contribution in [2.45, 2.75) is 6.54 Å². The first-order valence-corrected chi connectivity index (χ1v) is 11.3. The molecule has 2 aromatic heterocycles. The summed E-state index contributed by atoms with van der Waals surface area (Å²) in [5, 5.41) is 1.03. The molecule has 1 aliphatic rings. The van der Waals surface area contributed by atoms with Gasteiger partial charge in [0.25, 0.3) is 0 Å². The number of nitrogens with zero attached hydrogens (tertiary/aromatic N) is 5. The lowest BCUT2D eigenvalue weighted by Crippen LogP contribution is -2.46. The van der Waals surface area contributed by atoms with E-state index >= 15 is 0 Å². The van der Waals surface area contributed by atoms with Gasteiger partial charge in [-0.3, -0.25) is 4.90 Å². The Hall–Kier alpha value is -2.65.